The minimum Gasteiger partial charge on any atom is -0.441 e. The molecule has 1 atom stereocenters. The van der Waals surface area contributed by atoms with E-state index in [2.05, 4.69) is 15.6 Å². The monoisotopic (exact) mass is 309 g/mol. The first kappa shape index (κ1) is 15.1. The van der Waals surface area contributed by atoms with Gasteiger partial charge in [-0.3, -0.25) is 4.79 Å². The Balaban J connectivity index is 1.69. The number of rotatable bonds is 4. The van der Waals surface area contributed by atoms with Crippen LogP contribution in [0.1, 0.15) is 18.4 Å². The molecule has 0 saturated carbocycles. The van der Waals surface area contributed by atoms with Gasteiger partial charge in [0.15, 0.2) is 11.5 Å². The molecule has 3 rings (SSSR count). The Hall–Kier alpha value is -2.82. The van der Waals surface area contributed by atoms with E-state index in [1.54, 1.807) is 0 Å². The van der Waals surface area contributed by atoms with Crippen LogP contribution in [0, 0.1) is 13.8 Å². The van der Waals surface area contributed by atoms with E-state index in [4.69, 9.17) is 4.42 Å². The number of aromatic nitrogens is 1. The smallest absolute Gasteiger partial charge is 0.246 e. The summed E-state index contributed by atoms with van der Waals surface area (Å²) in [4.78, 5) is 16.6. The highest BCUT2D eigenvalue weighted by molar-refractivity contribution is 5.96. The van der Waals surface area contributed by atoms with Crippen LogP contribution in [-0.4, -0.2) is 16.9 Å². The average Bonchev–Trinajstić information content (AvgIpc) is 2.86. The number of amides is 1. The second-order valence-corrected chi connectivity index (χ2v) is 5.64. The van der Waals surface area contributed by atoms with E-state index in [-0.39, 0.29) is 11.9 Å². The number of hydrogen-bond donors (Lipinski definition) is 2. The number of benzene rings is 2. The number of nitrogens with zero attached hydrogens (tertiary/aromatic N) is 1. The molecule has 2 aromatic carbocycles. The van der Waals surface area contributed by atoms with Gasteiger partial charge in [0.25, 0.3) is 0 Å². The van der Waals surface area contributed by atoms with Gasteiger partial charge < -0.3 is 15.1 Å². The minimum atomic E-state index is -0.374. The fraction of sp³-hybridized carbons (Fsp3) is 0.222. The third-order valence-corrected chi connectivity index (χ3v) is 3.56. The molecule has 1 heterocycles. The molecule has 0 aliphatic carbocycles. The van der Waals surface area contributed by atoms with Crippen molar-refractivity contribution in [3.8, 4) is 0 Å². The first-order chi connectivity index (χ1) is 11.0. The Kier molecular flexibility index (Phi) is 4.02. The van der Waals surface area contributed by atoms with Gasteiger partial charge in [-0.25, -0.2) is 4.98 Å². The zero-order chi connectivity index (χ0) is 16.4. The van der Waals surface area contributed by atoms with Crippen LogP contribution in [0.2, 0.25) is 0 Å². The van der Waals surface area contributed by atoms with Gasteiger partial charge in [0.2, 0.25) is 5.91 Å². The molecule has 5 heteroatoms. The maximum atomic E-state index is 12.3. The van der Waals surface area contributed by atoms with Gasteiger partial charge in [0.1, 0.15) is 11.6 Å². The van der Waals surface area contributed by atoms with Crippen LogP contribution < -0.4 is 10.6 Å². The van der Waals surface area contributed by atoms with Gasteiger partial charge >= 0.3 is 0 Å². The SMILES string of the molecule is Cc1cccc(NC(=O)[C@H](C)Nc2ccc3oc(C)nc3c2)c1. The molecule has 1 amide bonds. The summed E-state index contributed by atoms with van der Waals surface area (Å²) in [6.07, 6.45) is 0. The lowest BCUT2D eigenvalue weighted by Crippen LogP contribution is -2.31. The standard InChI is InChI=1S/C18H19N3O2/c1-11-5-4-6-14(9-11)21-18(22)12(2)19-15-7-8-17-16(10-15)20-13(3)23-17/h4-10,12,19H,1-3H3,(H,21,22)/t12-/m0/s1. The van der Waals surface area contributed by atoms with E-state index in [0.717, 1.165) is 28.0 Å². The predicted molar refractivity (Wildman–Crippen MR) is 91.6 cm³/mol. The van der Waals surface area contributed by atoms with Crippen molar-refractivity contribution in [2.75, 3.05) is 10.6 Å². The number of fused-ring (bicyclic) bond motifs is 1. The second-order valence-electron chi connectivity index (χ2n) is 5.64. The highest BCUT2D eigenvalue weighted by Gasteiger charge is 2.13. The Morgan fingerprint density at radius 2 is 1.96 bits per heavy atom. The second kappa shape index (κ2) is 6.12. The molecule has 1 aromatic heterocycles. The van der Waals surface area contributed by atoms with Crippen molar-refractivity contribution in [1.82, 2.24) is 4.98 Å². The summed E-state index contributed by atoms with van der Waals surface area (Å²) in [5, 5.41) is 6.09. The molecule has 0 bridgehead atoms. The average molecular weight is 309 g/mol. The van der Waals surface area contributed by atoms with E-state index >= 15 is 0 Å². The summed E-state index contributed by atoms with van der Waals surface area (Å²) in [6.45, 7) is 5.63. The van der Waals surface area contributed by atoms with Crippen LogP contribution in [0.15, 0.2) is 46.9 Å². The van der Waals surface area contributed by atoms with Crippen molar-refractivity contribution in [2.45, 2.75) is 26.8 Å². The highest BCUT2D eigenvalue weighted by atomic mass is 16.3. The third-order valence-electron chi connectivity index (χ3n) is 3.56. The van der Waals surface area contributed by atoms with Crippen LogP contribution in [0.4, 0.5) is 11.4 Å². The van der Waals surface area contributed by atoms with Gasteiger partial charge in [0.05, 0.1) is 0 Å². The number of oxazole rings is 1. The Labute approximate surface area is 134 Å². The van der Waals surface area contributed by atoms with Crippen LogP contribution >= 0.6 is 0 Å². The number of carbonyl (C=O) groups is 1. The van der Waals surface area contributed by atoms with E-state index in [1.165, 1.54) is 0 Å². The zero-order valence-corrected chi connectivity index (χ0v) is 13.4. The van der Waals surface area contributed by atoms with E-state index in [9.17, 15) is 4.79 Å². The van der Waals surface area contributed by atoms with Gasteiger partial charge in [-0.05, 0) is 49.7 Å². The fourth-order valence-electron chi connectivity index (χ4n) is 2.42. The molecule has 2 N–H and O–H groups in total. The number of hydrogen-bond acceptors (Lipinski definition) is 4. The molecule has 5 nitrogen and oxygen atoms in total. The van der Waals surface area contributed by atoms with E-state index < -0.39 is 0 Å². The third kappa shape index (κ3) is 3.51. The molecule has 0 fully saturated rings. The van der Waals surface area contributed by atoms with E-state index in [1.807, 2.05) is 63.2 Å². The summed E-state index contributed by atoms with van der Waals surface area (Å²) in [5.41, 5.74) is 4.25. The predicted octanol–water partition coefficient (Wildman–Crippen LogP) is 3.88. The lowest BCUT2D eigenvalue weighted by Gasteiger charge is -2.15. The largest absolute Gasteiger partial charge is 0.441 e. The zero-order valence-electron chi connectivity index (χ0n) is 13.4. The minimum absolute atomic E-state index is 0.0907. The normalized spacial score (nSPS) is 12.1. The van der Waals surface area contributed by atoms with Gasteiger partial charge in [-0.2, -0.15) is 0 Å². The number of anilines is 2. The quantitative estimate of drug-likeness (QED) is 0.767. The first-order valence-corrected chi connectivity index (χ1v) is 7.52. The number of nitrogens with one attached hydrogen (secondary N) is 2. The lowest BCUT2D eigenvalue weighted by atomic mass is 10.2. The Bertz CT molecular complexity index is 854. The maximum absolute atomic E-state index is 12.3. The van der Waals surface area contributed by atoms with Crippen LogP contribution in [0.5, 0.6) is 0 Å². The Morgan fingerprint density at radius 3 is 2.74 bits per heavy atom. The summed E-state index contributed by atoms with van der Waals surface area (Å²) >= 11 is 0. The molecule has 0 aliphatic heterocycles. The van der Waals surface area contributed by atoms with Gasteiger partial charge in [-0.1, -0.05) is 12.1 Å². The van der Waals surface area contributed by atoms with E-state index in [0.29, 0.717) is 5.89 Å². The molecule has 3 aromatic rings. The van der Waals surface area contributed by atoms with Crippen molar-refractivity contribution < 1.29 is 9.21 Å². The first-order valence-electron chi connectivity index (χ1n) is 7.52. The van der Waals surface area contributed by atoms with Crippen molar-refractivity contribution in [3.05, 3.63) is 53.9 Å². The topological polar surface area (TPSA) is 67.2 Å². The molecule has 0 aliphatic rings. The molecule has 0 unspecified atom stereocenters. The molecular formula is C18H19N3O2. The van der Waals surface area contributed by atoms with Crippen molar-refractivity contribution in [2.24, 2.45) is 0 Å². The fourth-order valence-corrected chi connectivity index (χ4v) is 2.42. The van der Waals surface area contributed by atoms with Crippen molar-refractivity contribution >= 4 is 28.4 Å². The summed E-state index contributed by atoms with van der Waals surface area (Å²) in [5.74, 6) is 0.536. The molecular weight excluding hydrogens is 290 g/mol. The molecule has 0 saturated heterocycles. The molecule has 118 valence electrons. The van der Waals surface area contributed by atoms with Crippen molar-refractivity contribution in [1.29, 1.82) is 0 Å². The van der Waals surface area contributed by atoms with Crippen molar-refractivity contribution in [3.63, 3.8) is 0 Å². The summed E-state index contributed by atoms with van der Waals surface area (Å²) in [6, 6.07) is 13.0. The lowest BCUT2D eigenvalue weighted by molar-refractivity contribution is -0.116. The van der Waals surface area contributed by atoms with Crippen LogP contribution in [0.25, 0.3) is 11.1 Å². The maximum Gasteiger partial charge on any atom is 0.246 e. The number of aryl methyl sites for hydroxylation is 2. The Morgan fingerprint density at radius 1 is 1.13 bits per heavy atom. The van der Waals surface area contributed by atoms with Crippen LogP contribution in [0.3, 0.4) is 0 Å². The molecule has 0 radical (unpaired) electrons. The van der Waals surface area contributed by atoms with Crippen LogP contribution in [-0.2, 0) is 4.79 Å². The van der Waals surface area contributed by atoms with Gasteiger partial charge in [0, 0.05) is 18.3 Å². The summed E-state index contributed by atoms with van der Waals surface area (Å²) in [7, 11) is 0. The van der Waals surface area contributed by atoms with Gasteiger partial charge in [-0.15, -0.1) is 0 Å². The summed E-state index contributed by atoms with van der Waals surface area (Å²) < 4.78 is 5.45. The number of carbonyl (C=O) groups excluding carboxylic acids is 1. The highest BCUT2D eigenvalue weighted by Crippen LogP contribution is 2.20. The molecule has 0 spiro atoms. The molecule has 23 heavy (non-hydrogen) atoms.